The van der Waals surface area contributed by atoms with E-state index in [1.54, 1.807) is 0 Å². The van der Waals surface area contributed by atoms with Gasteiger partial charge in [0.1, 0.15) is 11.4 Å². The predicted molar refractivity (Wildman–Crippen MR) is 120 cm³/mol. The van der Waals surface area contributed by atoms with Gasteiger partial charge < -0.3 is 0 Å². The topological polar surface area (TPSA) is 15.0 Å². The Hall–Kier alpha value is -3.36. The molecule has 3 heteroatoms. The highest BCUT2D eigenvalue weighted by Crippen LogP contribution is 2.29. The van der Waals surface area contributed by atoms with Crippen molar-refractivity contribution in [3.8, 4) is 0 Å². The molecule has 0 amide bonds. The molecule has 0 aromatic heterocycles. The van der Waals surface area contributed by atoms with Crippen LogP contribution in [0.25, 0.3) is 0 Å². The molecule has 136 valence electrons. The SMILES string of the molecule is Clc1ccccc1[N+](=C(Nc1ccccc1)c1ccccc1)c1ccccc1. The number of nitrogens with one attached hydrogen (secondary N) is 1. The number of benzene rings is 4. The van der Waals surface area contributed by atoms with Gasteiger partial charge in [-0.3, -0.25) is 0 Å². The summed E-state index contributed by atoms with van der Waals surface area (Å²) in [5.74, 6) is 0.936. The molecule has 28 heavy (non-hydrogen) atoms. The first kappa shape index (κ1) is 18.0. The van der Waals surface area contributed by atoms with E-state index in [0.717, 1.165) is 28.5 Å². The minimum atomic E-state index is 0.689. The molecule has 0 saturated carbocycles. The summed E-state index contributed by atoms with van der Waals surface area (Å²) in [4.78, 5) is 0. The van der Waals surface area contributed by atoms with E-state index in [4.69, 9.17) is 11.6 Å². The molecule has 0 spiro atoms. The summed E-state index contributed by atoms with van der Waals surface area (Å²) in [6.07, 6.45) is 0. The molecule has 0 fully saturated rings. The van der Waals surface area contributed by atoms with Crippen molar-refractivity contribution in [1.29, 1.82) is 0 Å². The van der Waals surface area contributed by atoms with E-state index in [0.29, 0.717) is 5.02 Å². The Morgan fingerprint density at radius 3 is 1.79 bits per heavy atom. The summed E-state index contributed by atoms with van der Waals surface area (Å²) >= 11 is 6.62. The van der Waals surface area contributed by atoms with Crippen LogP contribution in [-0.2, 0) is 0 Å². The highest BCUT2D eigenvalue weighted by Gasteiger charge is 2.22. The van der Waals surface area contributed by atoms with E-state index < -0.39 is 0 Å². The molecule has 4 aromatic carbocycles. The van der Waals surface area contributed by atoms with Gasteiger partial charge in [0.05, 0.1) is 10.6 Å². The van der Waals surface area contributed by atoms with Gasteiger partial charge in [-0.1, -0.05) is 78.3 Å². The fourth-order valence-electron chi connectivity index (χ4n) is 3.11. The lowest BCUT2D eigenvalue weighted by atomic mass is 10.1. The van der Waals surface area contributed by atoms with Gasteiger partial charge in [-0.15, -0.1) is 0 Å². The van der Waals surface area contributed by atoms with Crippen molar-refractivity contribution in [3.05, 3.63) is 126 Å². The Morgan fingerprint density at radius 2 is 1.14 bits per heavy atom. The zero-order chi connectivity index (χ0) is 19.2. The molecular weight excluding hydrogens is 364 g/mol. The van der Waals surface area contributed by atoms with Crippen molar-refractivity contribution in [2.75, 3.05) is 5.32 Å². The number of amidine groups is 1. The Bertz CT molecular complexity index is 1080. The molecule has 0 aliphatic carbocycles. The number of anilines is 1. The number of hydrogen-bond donors (Lipinski definition) is 1. The van der Waals surface area contributed by atoms with Gasteiger partial charge in [-0.25, -0.2) is 5.32 Å². The molecule has 0 bridgehead atoms. The van der Waals surface area contributed by atoms with Crippen molar-refractivity contribution in [3.63, 3.8) is 0 Å². The van der Waals surface area contributed by atoms with Gasteiger partial charge in [0, 0.05) is 0 Å². The van der Waals surface area contributed by atoms with Crippen molar-refractivity contribution < 1.29 is 0 Å². The van der Waals surface area contributed by atoms with E-state index in [1.807, 2.05) is 78.9 Å². The summed E-state index contributed by atoms with van der Waals surface area (Å²) in [5, 5.41) is 4.29. The molecule has 0 aliphatic heterocycles. The maximum absolute atomic E-state index is 6.62. The standard InChI is InChI=1S/C25H19ClN2/c26-23-18-10-11-19-24(23)28(22-16-8-3-9-17-22)25(20-12-4-1-5-13-20)27-21-14-6-2-7-15-21/h1-19H/p+1. The third-order valence-electron chi connectivity index (χ3n) is 4.42. The highest BCUT2D eigenvalue weighted by atomic mass is 35.5. The summed E-state index contributed by atoms with van der Waals surface area (Å²) in [5.41, 5.74) is 4.01. The van der Waals surface area contributed by atoms with Crippen LogP contribution in [0, 0.1) is 0 Å². The van der Waals surface area contributed by atoms with E-state index in [2.05, 4.69) is 46.3 Å². The number of halogens is 1. The van der Waals surface area contributed by atoms with E-state index in [1.165, 1.54) is 0 Å². The van der Waals surface area contributed by atoms with Gasteiger partial charge >= 0.3 is 0 Å². The van der Waals surface area contributed by atoms with Gasteiger partial charge in [-0.2, -0.15) is 4.58 Å². The zero-order valence-electron chi connectivity index (χ0n) is 15.3. The summed E-state index contributed by atoms with van der Waals surface area (Å²) < 4.78 is 2.16. The number of hydrogen-bond acceptors (Lipinski definition) is 0. The number of para-hydroxylation sites is 3. The van der Waals surface area contributed by atoms with Crippen LogP contribution < -0.4 is 9.89 Å². The third-order valence-corrected chi connectivity index (χ3v) is 4.73. The van der Waals surface area contributed by atoms with E-state index in [9.17, 15) is 0 Å². The first-order valence-electron chi connectivity index (χ1n) is 9.17. The van der Waals surface area contributed by atoms with E-state index >= 15 is 0 Å². The number of rotatable bonds is 4. The van der Waals surface area contributed by atoms with Crippen LogP contribution in [0.4, 0.5) is 17.1 Å². The molecule has 0 aliphatic rings. The Labute approximate surface area is 170 Å². The van der Waals surface area contributed by atoms with Crippen LogP contribution in [0.5, 0.6) is 0 Å². The van der Waals surface area contributed by atoms with Gasteiger partial charge in [0.2, 0.25) is 0 Å². The largest absolute Gasteiger partial charge is 0.292 e. The van der Waals surface area contributed by atoms with Crippen LogP contribution in [0.2, 0.25) is 5.02 Å². The highest BCUT2D eigenvalue weighted by molar-refractivity contribution is 6.33. The lowest BCUT2D eigenvalue weighted by molar-refractivity contribution is 1.07. The molecule has 4 aromatic rings. The normalized spacial score (nSPS) is 11.6. The van der Waals surface area contributed by atoms with Crippen LogP contribution in [0.1, 0.15) is 5.56 Å². The lowest BCUT2D eigenvalue weighted by Crippen LogP contribution is -2.26. The average molecular weight is 384 g/mol. The van der Waals surface area contributed by atoms with Crippen LogP contribution in [0.15, 0.2) is 115 Å². The maximum atomic E-state index is 6.62. The minimum Gasteiger partial charge on any atom is -0.240 e. The van der Waals surface area contributed by atoms with Crippen LogP contribution in [0.3, 0.4) is 0 Å². The summed E-state index contributed by atoms with van der Waals surface area (Å²) in [6, 6.07) is 38.6. The minimum absolute atomic E-state index is 0.689. The predicted octanol–water partition coefficient (Wildman–Crippen LogP) is 6.73. The monoisotopic (exact) mass is 383 g/mol. The second-order valence-corrected chi connectivity index (χ2v) is 6.74. The molecule has 0 unspecified atom stereocenters. The van der Waals surface area contributed by atoms with E-state index in [-0.39, 0.29) is 0 Å². The zero-order valence-corrected chi connectivity index (χ0v) is 16.1. The quantitative estimate of drug-likeness (QED) is 0.234. The third kappa shape index (κ3) is 3.98. The molecule has 4 rings (SSSR count). The lowest BCUT2D eigenvalue weighted by Gasteiger charge is -2.14. The van der Waals surface area contributed by atoms with Crippen molar-refractivity contribution in [1.82, 2.24) is 4.58 Å². The Kier molecular flexibility index (Phi) is 5.51. The smallest absolute Gasteiger partial charge is 0.240 e. The van der Waals surface area contributed by atoms with Gasteiger partial charge in [-0.05, 0) is 48.5 Å². The van der Waals surface area contributed by atoms with Crippen molar-refractivity contribution in [2.45, 2.75) is 0 Å². The second-order valence-electron chi connectivity index (χ2n) is 6.33. The molecule has 2 nitrogen and oxygen atoms in total. The average Bonchev–Trinajstić information content (AvgIpc) is 2.77. The Balaban J connectivity index is 2.01. The van der Waals surface area contributed by atoms with Gasteiger partial charge in [0.25, 0.3) is 5.84 Å². The molecular formula is C25H20ClN2+. The maximum Gasteiger partial charge on any atom is 0.292 e. The first-order valence-corrected chi connectivity index (χ1v) is 9.55. The van der Waals surface area contributed by atoms with Crippen molar-refractivity contribution in [2.24, 2.45) is 0 Å². The summed E-state index contributed by atoms with van der Waals surface area (Å²) in [7, 11) is 0. The molecule has 1 N–H and O–H groups in total. The fourth-order valence-corrected chi connectivity index (χ4v) is 3.33. The molecule has 0 radical (unpaired) electrons. The van der Waals surface area contributed by atoms with Crippen LogP contribution >= 0.6 is 11.6 Å². The fraction of sp³-hybridized carbons (Fsp3) is 0. The van der Waals surface area contributed by atoms with Gasteiger partial charge in [0.15, 0.2) is 5.69 Å². The van der Waals surface area contributed by atoms with Crippen LogP contribution in [-0.4, -0.2) is 5.84 Å². The summed E-state index contributed by atoms with van der Waals surface area (Å²) in [6.45, 7) is 0. The molecule has 0 heterocycles. The molecule has 0 atom stereocenters. The Morgan fingerprint density at radius 1 is 0.607 bits per heavy atom. The number of nitrogens with zero attached hydrogens (tertiary/aromatic N) is 1. The molecule has 0 saturated heterocycles. The second kappa shape index (κ2) is 8.55. The first-order chi connectivity index (χ1) is 13.8. The van der Waals surface area contributed by atoms with Crippen molar-refractivity contribution >= 4 is 34.5 Å².